The Hall–Kier alpha value is -1.59. The zero-order valence-electron chi connectivity index (χ0n) is 21.0. The topological polar surface area (TPSA) is 50.8 Å². The van der Waals surface area contributed by atoms with Crippen LogP contribution in [0.1, 0.15) is 70.6 Å². The summed E-state index contributed by atoms with van der Waals surface area (Å²) in [5, 5.41) is 3.53. The molecule has 0 radical (unpaired) electrons. The van der Waals surface area contributed by atoms with E-state index in [-0.39, 0.29) is 28.9 Å². The molecule has 1 aromatic rings. The first-order chi connectivity index (χ1) is 15.1. The predicted octanol–water partition coefficient (Wildman–Crippen LogP) is 4.80. The van der Waals surface area contributed by atoms with Crippen molar-refractivity contribution < 1.29 is 14.3 Å². The molecule has 32 heavy (non-hydrogen) atoms. The lowest BCUT2D eigenvalue weighted by molar-refractivity contribution is -0.137. The number of nitrogens with zero attached hydrogens (tertiary/aromatic N) is 1. The number of amides is 1. The van der Waals surface area contributed by atoms with Gasteiger partial charge in [-0.3, -0.25) is 4.79 Å². The summed E-state index contributed by atoms with van der Waals surface area (Å²) in [4.78, 5) is 15.0. The molecule has 1 aliphatic heterocycles. The quantitative estimate of drug-likeness (QED) is 0.659. The van der Waals surface area contributed by atoms with Gasteiger partial charge in [-0.15, -0.1) is 0 Å². The molecule has 0 aromatic heterocycles. The maximum absolute atomic E-state index is 12.9. The van der Waals surface area contributed by atoms with Gasteiger partial charge < -0.3 is 19.7 Å². The minimum atomic E-state index is 0.0844. The molecule has 2 aliphatic carbocycles. The van der Waals surface area contributed by atoms with Gasteiger partial charge in [0.15, 0.2) is 0 Å². The van der Waals surface area contributed by atoms with Crippen LogP contribution in [0.2, 0.25) is 0 Å². The zero-order valence-corrected chi connectivity index (χ0v) is 21.0. The minimum Gasteiger partial charge on any atom is -0.496 e. The highest BCUT2D eigenvalue weighted by molar-refractivity contribution is 5.76. The first-order valence-corrected chi connectivity index (χ1v) is 12.3. The van der Waals surface area contributed by atoms with E-state index in [0.717, 1.165) is 25.3 Å². The molecule has 1 spiro atoms. The van der Waals surface area contributed by atoms with Crippen molar-refractivity contribution in [3.63, 3.8) is 0 Å². The van der Waals surface area contributed by atoms with Gasteiger partial charge in [0.25, 0.3) is 0 Å². The smallest absolute Gasteiger partial charge is 0.220 e. The maximum Gasteiger partial charge on any atom is 0.220 e. The number of rotatable bonds is 7. The first-order valence-electron chi connectivity index (χ1n) is 12.3. The lowest BCUT2D eigenvalue weighted by Gasteiger charge is -2.53. The predicted molar refractivity (Wildman–Crippen MR) is 128 cm³/mol. The lowest BCUT2D eigenvalue weighted by Crippen LogP contribution is -2.59. The Balaban J connectivity index is 1.65. The van der Waals surface area contributed by atoms with Crippen molar-refractivity contribution in [2.45, 2.75) is 72.1 Å². The standard InChI is InChI=1S/C27H42N2O3/c1-17(2)12-23(30)28-25-26(3,4)20-14-21-24(32-11-10-27(21,25)15-20)18-8-9-22(31-7)19(13-18)16-29(5)6/h8-9,13,17,20-21,24-25H,10-12,14-16H2,1-7H3,(H,28,30)/t20-,21-,24-,25+,27?/m1/s1. The molecule has 1 heterocycles. The highest BCUT2D eigenvalue weighted by Crippen LogP contribution is 2.70. The zero-order chi connectivity index (χ0) is 23.3. The first kappa shape index (κ1) is 23.6. The van der Waals surface area contributed by atoms with Crippen molar-refractivity contribution in [3.05, 3.63) is 29.3 Å². The maximum atomic E-state index is 12.9. The second-order valence-corrected chi connectivity index (χ2v) is 11.7. The number of benzene rings is 1. The van der Waals surface area contributed by atoms with Crippen LogP contribution in [0.4, 0.5) is 0 Å². The average molecular weight is 443 g/mol. The van der Waals surface area contributed by atoms with Gasteiger partial charge in [0.05, 0.1) is 13.2 Å². The molecule has 5 atom stereocenters. The molecular weight excluding hydrogens is 400 g/mol. The third-order valence-electron chi connectivity index (χ3n) is 8.52. The number of hydrogen-bond acceptors (Lipinski definition) is 4. The fourth-order valence-corrected chi connectivity index (χ4v) is 7.15. The van der Waals surface area contributed by atoms with Crippen LogP contribution >= 0.6 is 0 Å². The monoisotopic (exact) mass is 442 g/mol. The summed E-state index contributed by atoms with van der Waals surface area (Å²) in [5.74, 6) is 2.59. The van der Waals surface area contributed by atoms with E-state index in [1.807, 2.05) is 0 Å². The van der Waals surface area contributed by atoms with E-state index in [4.69, 9.17) is 9.47 Å². The highest BCUT2D eigenvalue weighted by atomic mass is 16.5. The van der Waals surface area contributed by atoms with Crippen molar-refractivity contribution in [2.24, 2.45) is 28.6 Å². The van der Waals surface area contributed by atoms with E-state index in [0.29, 0.717) is 24.2 Å². The Morgan fingerprint density at radius 3 is 2.72 bits per heavy atom. The molecular formula is C27H42N2O3. The Morgan fingerprint density at radius 2 is 2.06 bits per heavy atom. The van der Waals surface area contributed by atoms with Crippen LogP contribution in [-0.2, 0) is 16.1 Å². The van der Waals surface area contributed by atoms with E-state index in [1.165, 1.54) is 24.0 Å². The van der Waals surface area contributed by atoms with Gasteiger partial charge in [0, 0.05) is 31.2 Å². The number of carbonyl (C=O) groups is 1. The molecule has 3 fully saturated rings. The van der Waals surface area contributed by atoms with Crippen LogP contribution in [0.25, 0.3) is 0 Å². The Bertz CT molecular complexity index is 849. The second-order valence-electron chi connectivity index (χ2n) is 11.7. The minimum absolute atomic E-state index is 0.0844. The van der Waals surface area contributed by atoms with Gasteiger partial charge in [-0.1, -0.05) is 33.8 Å². The molecule has 5 heteroatoms. The van der Waals surface area contributed by atoms with Crippen LogP contribution in [0.3, 0.4) is 0 Å². The third kappa shape index (κ3) is 3.96. The van der Waals surface area contributed by atoms with Crippen molar-refractivity contribution in [2.75, 3.05) is 27.8 Å². The van der Waals surface area contributed by atoms with Gasteiger partial charge in [-0.25, -0.2) is 0 Å². The molecule has 2 saturated carbocycles. The summed E-state index contributed by atoms with van der Waals surface area (Å²) in [6.45, 7) is 10.6. The fourth-order valence-electron chi connectivity index (χ4n) is 7.15. The number of ether oxygens (including phenoxy) is 2. The van der Waals surface area contributed by atoms with Gasteiger partial charge in [0.1, 0.15) is 5.75 Å². The van der Waals surface area contributed by atoms with Crippen LogP contribution in [0.5, 0.6) is 5.75 Å². The Morgan fingerprint density at radius 1 is 1.31 bits per heavy atom. The summed E-state index contributed by atoms with van der Waals surface area (Å²) in [6, 6.07) is 6.78. The molecule has 1 saturated heterocycles. The molecule has 1 amide bonds. The van der Waals surface area contributed by atoms with E-state index in [9.17, 15) is 4.79 Å². The molecule has 4 rings (SSSR count). The largest absolute Gasteiger partial charge is 0.496 e. The number of hydrogen-bond donors (Lipinski definition) is 1. The number of nitrogens with one attached hydrogen (secondary N) is 1. The molecule has 1 unspecified atom stereocenters. The van der Waals surface area contributed by atoms with Gasteiger partial charge in [-0.2, -0.15) is 0 Å². The number of methoxy groups -OCH3 is 1. The van der Waals surface area contributed by atoms with E-state index >= 15 is 0 Å². The lowest BCUT2D eigenvalue weighted by atomic mass is 9.58. The summed E-state index contributed by atoms with van der Waals surface area (Å²) in [7, 11) is 5.91. The van der Waals surface area contributed by atoms with Gasteiger partial charge in [-0.05, 0) is 79.6 Å². The van der Waals surface area contributed by atoms with Gasteiger partial charge in [0.2, 0.25) is 5.91 Å². The third-order valence-corrected chi connectivity index (χ3v) is 8.52. The molecule has 1 N–H and O–H groups in total. The van der Waals surface area contributed by atoms with Crippen LogP contribution in [0, 0.1) is 28.6 Å². The molecule has 2 bridgehead atoms. The average Bonchev–Trinajstić information content (AvgIpc) is 3.19. The molecule has 1 aromatic carbocycles. The molecule has 3 aliphatic rings. The second kappa shape index (κ2) is 8.64. The Labute approximate surface area is 194 Å². The van der Waals surface area contributed by atoms with E-state index in [1.54, 1.807) is 7.11 Å². The fraction of sp³-hybridized carbons (Fsp3) is 0.741. The summed E-state index contributed by atoms with van der Waals surface area (Å²) in [5.41, 5.74) is 2.71. The number of carbonyl (C=O) groups excluding carboxylic acids is 1. The van der Waals surface area contributed by atoms with Crippen molar-refractivity contribution in [1.82, 2.24) is 10.2 Å². The summed E-state index contributed by atoms with van der Waals surface area (Å²) >= 11 is 0. The van der Waals surface area contributed by atoms with E-state index < -0.39 is 0 Å². The normalized spacial score (nSPS) is 32.9. The van der Waals surface area contributed by atoms with E-state index in [2.05, 4.69) is 70.2 Å². The van der Waals surface area contributed by atoms with Crippen LogP contribution in [0.15, 0.2) is 18.2 Å². The van der Waals surface area contributed by atoms with Crippen LogP contribution in [-0.4, -0.2) is 44.7 Å². The van der Waals surface area contributed by atoms with Gasteiger partial charge >= 0.3 is 0 Å². The van der Waals surface area contributed by atoms with Crippen LogP contribution < -0.4 is 10.1 Å². The van der Waals surface area contributed by atoms with Crippen molar-refractivity contribution in [1.29, 1.82) is 0 Å². The molecule has 178 valence electrons. The van der Waals surface area contributed by atoms with Crippen molar-refractivity contribution in [3.8, 4) is 5.75 Å². The summed E-state index contributed by atoms with van der Waals surface area (Å²) in [6.07, 6.45) is 4.12. The number of fused-ring (bicyclic) bond motifs is 1. The highest BCUT2D eigenvalue weighted by Gasteiger charge is 2.68. The SMILES string of the molecule is COc1ccc([C@H]2OCCC34C[C@@H](C[C@H]23)C(C)(C)[C@@H]4NC(=O)CC(C)C)cc1CN(C)C. The molecule has 5 nitrogen and oxygen atoms in total. The van der Waals surface area contributed by atoms with Crippen molar-refractivity contribution >= 4 is 5.91 Å². The Kier molecular flexibility index (Phi) is 6.36. The summed E-state index contributed by atoms with van der Waals surface area (Å²) < 4.78 is 12.1.